The molecule has 144 valence electrons. The van der Waals surface area contributed by atoms with E-state index in [0.717, 1.165) is 35.9 Å². The number of hydrogen-bond acceptors (Lipinski definition) is 3. The Morgan fingerprint density at radius 2 is 1.89 bits per heavy atom. The number of likely N-dealkylation sites (tertiary alicyclic amines) is 2. The van der Waals surface area contributed by atoms with E-state index in [9.17, 15) is 4.79 Å². The smallest absolute Gasteiger partial charge is 0.321 e. The van der Waals surface area contributed by atoms with Gasteiger partial charge in [-0.05, 0) is 70.5 Å². The van der Waals surface area contributed by atoms with Crippen LogP contribution >= 0.6 is 0 Å². The van der Waals surface area contributed by atoms with Gasteiger partial charge in [-0.25, -0.2) is 9.48 Å². The van der Waals surface area contributed by atoms with Gasteiger partial charge in [-0.15, -0.1) is 0 Å². The Kier molecular flexibility index (Phi) is 4.91. The first-order valence-electron chi connectivity index (χ1n) is 9.96. The van der Waals surface area contributed by atoms with Gasteiger partial charge in [-0.2, -0.15) is 5.10 Å². The lowest BCUT2D eigenvalue weighted by Gasteiger charge is -2.49. The van der Waals surface area contributed by atoms with Crippen LogP contribution in [-0.2, 0) is 0 Å². The van der Waals surface area contributed by atoms with Crippen LogP contribution in [0.25, 0.3) is 5.69 Å². The maximum atomic E-state index is 12.5. The largest absolute Gasteiger partial charge is 0.321 e. The molecular weight excluding hydrogens is 338 g/mol. The first kappa shape index (κ1) is 18.0. The lowest BCUT2D eigenvalue weighted by atomic mass is 9.98. The summed E-state index contributed by atoms with van der Waals surface area (Å²) in [5, 5.41) is 7.51. The van der Waals surface area contributed by atoms with E-state index in [0.29, 0.717) is 12.1 Å². The number of aryl methyl sites for hydroxylation is 2. The molecule has 0 radical (unpaired) electrons. The van der Waals surface area contributed by atoms with Gasteiger partial charge >= 0.3 is 6.03 Å². The number of benzene rings is 1. The Bertz CT molecular complexity index is 806. The number of nitrogens with one attached hydrogen (secondary N) is 1. The van der Waals surface area contributed by atoms with Gasteiger partial charge in [0.15, 0.2) is 0 Å². The molecule has 2 aliphatic heterocycles. The highest BCUT2D eigenvalue weighted by atomic mass is 16.2. The highest BCUT2D eigenvalue weighted by molar-refractivity contribution is 5.90. The number of aromatic nitrogens is 2. The molecular formula is C21H29N5O. The molecule has 0 spiro atoms. The summed E-state index contributed by atoms with van der Waals surface area (Å²) in [5.41, 5.74) is 3.92. The standard InChI is InChI=1S/C21H29N5O/c1-15-12-17(3)26(23-15)19-9-7-18(8-10-19)22-21(27)24-13-20(14-24)25-11-5-4-6-16(25)2/h7-10,12,16,20H,4-6,11,13-14H2,1-3H3,(H,22,27)/t16-/m0/s1. The summed E-state index contributed by atoms with van der Waals surface area (Å²) in [5.74, 6) is 0. The van der Waals surface area contributed by atoms with Crippen molar-refractivity contribution in [3.63, 3.8) is 0 Å². The number of carbonyl (C=O) groups excluding carboxylic acids is 1. The van der Waals surface area contributed by atoms with E-state index in [-0.39, 0.29) is 6.03 Å². The van der Waals surface area contributed by atoms with Crippen LogP contribution in [0.3, 0.4) is 0 Å². The number of anilines is 1. The van der Waals surface area contributed by atoms with Gasteiger partial charge in [0, 0.05) is 36.6 Å². The maximum absolute atomic E-state index is 12.5. The van der Waals surface area contributed by atoms with Crippen LogP contribution in [0.15, 0.2) is 30.3 Å². The third-order valence-corrected chi connectivity index (χ3v) is 5.85. The number of nitrogens with zero attached hydrogens (tertiary/aromatic N) is 4. The van der Waals surface area contributed by atoms with Crippen LogP contribution in [0.4, 0.5) is 10.5 Å². The second kappa shape index (κ2) is 7.35. The van der Waals surface area contributed by atoms with Gasteiger partial charge in [-0.3, -0.25) is 4.90 Å². The molecule has 1 aromatic carbocycles. The average Bonchev–Trinajstić information content (AvgIpc) is 2.94. The zero-order chi connectivity index (χ0) is 19.0. The zero-order valence-electron chi connectivity index (χ0n) is 16.5. The lowest BCUT2D eigenvalue weighted by Crippen LogP contribution is -2.64. The molecule has 27 heavy (non-hydrogen) atoms. The molecule has 2 saturated heterocycles. The highest BCUT2D eigenvalue weighted by Gasteiger charge is 2.37. The summed E-state index contributed by atoms with van der Waals surface area (Å²) < 4.78 is 1.92. The van der Waals surface area contributed by atoms with E-state index >= 15 is 0 Å². The van der Waals surface area contributed by atoms with E-state index in [1.165, 1.54) is 25.8 Å². The monoisotopic (exact) mass is 367 g/mol. The summed E-state index contributed by atoms with van der Waals surface area (Å²) in [6, 6.07) is 11.1. The number of urea groups is 1. The average molecular weight is 367 g/mol. The van der Waals surface area contributed by atoms with Crippen LogP contribution < -0.4 is 5.32 Å². The minimum Gasteiger partial charge on any atom is -0.321 e. The molecule has 0 saturated carbocycles. The topological polar surface area (TPSA) is 53.4 Å². The SMILES string of the molecule is Cc1cc(C)n(-c2ccc(NC(=O)N3CC(N4CCCC[C@@H]4C)C3)cc2)n1. The molecule has 4 rings (SSSR count). The quantitative estimate of drug-likeness (QED) is 0.902. The maximum Gasteiger partial charge on any atom is 0.321 e. The van der Waals surface area contributed by atoms with Gasteiger partial charge in [0.2, 0.25) is 0 Å². The van der Waals surface area contributed by atoms with E-state index in [1.807, 2.05) is 47.7 Å². The zero-order valence-corrected chi connectivity index (χ0v) is 16.5. The number of rotatable bonds is 3. The predicted molar refractivity (Wildman–Crippen MR) is 107 cm³/mol. The second-order valence-electron chi connectivity index (χ2n) is 7.96. The molecule has 2 aliphatic rings. The minimum absolute atomic E-state index is 0.00484. The van der Waals surface area contributed by atoms with Crippen molar-refractivity contribution in [2.24, 2.45) is 0 Å². The third kappa shape index (κ3) is 3.72. The molecule has 0 aliphatic carbocycles. The number of carbonyl (C=O) groups is 1. The molecule has 2 aromatic rings. The molecule has 1 N–H and O–H groups in total. The van der Waals surface area contributed by atoms with E-state index in [2.05, 4.69) is 28.3 Å². The Labute approximate surface area is 161 Å². The van der Waals surface area contributed by atoms with Crippen molar-refractivity contribution in [3.05, 3.63) is 41.7 Å². The van der Waals surface area contributed by atoms with Crippen molar-refractivity contribution in [1.82, 2.24) is 19.6 Å². The summed E-state index contributed by atoms with van der Waals surface area (Å²) in [4.78, 5) is 17.0. The van der Waals surface area contributed by atoms with Crippen molar-refractivity contribution in [2.75, 3.05) is 25.0 Å². The fourth-order valence-corrected chi connectivity index (χ4v) is 4.27. The molecule has 3 heterocycles. The van der Waals surface area contributed by atoms with Crippen LogP contribution in [-0.4, -0.2) is 57.3 Å². The van der Waals surface area contributed by atoms with Gasteiger partial charge in [0.1, 0.15) is 0 Å². The van der Waals surface area contributed by atoms with Gasteiger partial charge in [0.05, 0.1) is 11.4 Å². The second-order valence-corrected chi connectivity index (χ2v) is 7.96. The van der Waals surface area contributed by atoms with Crippen molar-refractivity contribution in [3.8, 4) is 5.69 Å². The molecule has 2 fully saturated rings. The molecule has 6 nitrogen and oxygen atoms in total. The number of hydrogen-bond donors (Lipinski definition) is 1. The van der Waals surface area contributed by atoms with Gasteiger partial charge in [-0.1, -0.05) is 6.42 Å². The number of piperidine rings is 1. The number of amides is 2. The summed E-state index contributed by atoms with van der Waals surface area (Å²) in [6.45, 7) is 9.18. The summed E-state index contributed by atoms with van der Waals surface area (Å²) >= 11 is 0. The first-order valence-corrected chi connectivity index (χ1v) is 9.96. The Morgan fingerprint density at radius 3 is 2.52 bits per heavy atom. The Morgan fingerprint density at radius 1 is 1.15 bits per heavy atom. The van der Waals surface area contributed by atoms with Crippen molar-refractivity contribution >= 4 is 11.7 Å². The molecule has 2 amide bonds. The van der Waals surface area contributed by atoms with Crippen LogP contribution in [0.5, 0.6) is 0 Å². The van der Waals surface area contributed by atoms with Crippen molar-refractivity contribution in [1.29, 1.82) is 0 Å². The highest BCUT2D eigenvalue weighted by Crippen LogP contribution is 2.25. The van der Waals surface area contributed by atoms with Crippen LogP contribution in [0.2, 0.25) is 0 Å². The van der Waals surface area contributed by atoms with Crippen LogP contribution in [0, 0.1) is 13.8 Å². The Hall–Kier alpha value is -2.34. The van der Waals surface area contributed by atoms with Crippen LogP contribution in [0.1, 0.15) is 37.6 Å². The van der Waals surface area contributed by atoms with Gasteiger partial charge < -0.3 is 10.2 Å². The molecule has 1 atom stereocenters. The van der Waals surface area contributed by atoms with E-state index in [4.69, 9.17) is 0 Å². The van der Waals surface area contributed by atoms with Gasteiger partial charge in [0.25, 0.3) is 0 Å². The normalized spacial score (nSPS) is 21.1. The minimum atomic E-state index is -0.00484. The molecule has 6 heteroatoms. The van der Waals surface area contributed by atoms with Crippen molar-refractivity contribution in [2.45, 2.75) is 52.1 Å². The first-order chi connectivity index (χ1) is 13.0. The van der Waals surface area contributed by atoms with E-state index < -0.39 is 0 Å². The fraction of sp³-hybridized carbons (Fsp3) is 0.524. The lowest BCUT2D eigenvalue weighted by molar-refractivity contribution is 0.0199. The summed E-state index contributed by atoms with van der Waals surface area (Å²) in [6.07, 6.45) is 3.90. The third-order valence-electron chi connectivity index (χ3n) is 5.85. The fourth-order valence-electron chi connectivity index (χ4n) is 4.27. The summed E-state index contributed by atoms with van der Waals surface area (Å²) in [7, 11) is 0. The molecule has 1 aromatic heterocycles. The molecule has 0 bridgehead atoms. The van der Waals surface area contributed by atoms with Crippen molar-refractivity contribution < 1.29 is 4.79 Å². The molecule has 0 unspecified atom stereocenters. The Balaban J connectivity index is 1.32. The predicted octanol–water partition coefficient (Wildman–Crippen LogP) is 3.58. The van der Waals surface area contributed by atoms with E-state index in [1.54, 1.807) is 0 Å².